The molecule has 102 valence electrons. The Kier molecular flexibility index (Phi) is 2.64. The molecule has 0 aliphatic heterocycles. The van der Waals surface area contributed by atoms with Gasteiger partial charge >= 0.3 is 0 Å². The van der Waals surface area contributed by atoms with Crippen LogP contribution < -0.4 is 0 Å². The molecule has 3 heteroatoms. The Morgan fingerprint density at radius 1 is 0.952 bits per heavy atom. The maximum absolute atomic E-state index is 5.45. The number of aromatic amines is 1. The lowest BCUT2D eigenvalue weighted by molar-refractivity contribution is 0.582. The number of nitrogens with one attached hydrogen (secondary N) is 1. The minimum absolute atomic E-state index is 0.865. The Morgan fingerprint density at radius 2 is 1.86 bits per heavy atom. The fourth-order valence-corrected chi connectivity index (χ4v) is 2.52. The van der Waals surface area contributed by atoms with Gasteiger partial charge in [-0.25, -0.2) is 4.98 Å². The van der Waals surface area contributed by atoms with Crippen LogP contribution in [0.5, 0.6) is 0 Å². The van der Waals surface area contributed by atoms with Gasteiger partial charge in [-0.1, -0.05) is 24.3 Å². The van der Waals surface area contributed by atoms with Crippen molar-refractivity contribution in [1.29, 1.82) is 0 Å². The zero-order valence-electron chi connectivity index (χ0n) is 11.6. The van der Waals surface area contributed by atoms with E-state index in [9.17, 15) is 0 Å². The molecule has 4 rings (SSSR count). The summed E-state index contributed by atoms with van der Waals surface area (Å²) in [7, 11) is 0. The Morgan fingerprint density at radius 3 is 2.71 bits per heavy atom. The molecular weight excluding hydrogens is 260 g/mol. The van der Waals surface area contributed by atoms with E-state index < -0.39 is 0 Å². The van der Waals surface area contributed by atoms with E-state index in [2.05, 4.69) is 41.2 Å². The summed E-state index contributed by atoms with van der Waals surface area (Å²) in [5, 5.41) is 0. The van der Waals surface area contributed by atoms with Crippen LogP contribution in [0.1, 0.15) is 5.56 Å². The number of H-pyrrole nitrogens is 1. The van der Waals surface area contributed by atoms with Crippen molar-refractivity contribution in [2.75, 3.05) is 0 Å². The number of aromatic nitrogens is 2. The largest absolute Gasteiger partial charge is 0.464 e. The summed E-state index contributed by atoms with van der Waals surface area (Å²) in [6.45, 7) is 2.08. The lowest BCUT2D eigenvalue weighted by Crippen LogP contribution is -1.81. The third-order valence-electron chi connectivity index (χ3n) is 3.58. The highest BCUT2D eigenvalue weighted by Gasteiger charge is 2.07. The van der Waals surface area contributed by atoms with E-state index in [0.29, 0.717) is 0 Å². The molecule has 21 heavy (non-hydrogen) atoms. The van der Waals surface area contributed by atoms with Crippen molar-refractivity contribution in [3.63, 3.8) is 0 Å². The molecular formula is C18H14N2O. The fourth-order valence-electron chi connectivity index (χ4n) is 2.52. The number of imidazole rings is 1. The molecule has 2 aromatic heterocycles. The number of hydrogen-bond donors (Lipinski definition) is 1. The van der Waals surface area contributed by atoms with Crippen LogP contribution >= 0.6 is 0 Å². The van der Waals surface area contributed by atoms with Gasteiger partial charge in [0.25, 0.3) is 0 Å². The summed E-state index contributed by atoms with van der Waals surface area (Å²) in [4.78, 5) is 8.04. The summed E-state index contributed by atoms with van der Waals surface area (Å²) in [6, 6.07) is 18.3. The molecule has 2 aromatic carbocycles. The van der Waals surface area contributed by atoms with Crippen molar-refractivity contribution < 1.29 is 4.42 Å². The zero-order chi connectivity index (χ0) is 14.2. The molecule has 3 nitrogen and oxygen atoms in total. The lowest BCUT2D eigenvalue weighted by atomic mass is 10.1. The van der Waals surface area contributed by atoms with Crippen LogP contribution in [-0.2, 0) is 0 Å². The first kappa shape index (κ1) is 12.0. The van der Waals surface area contributed by atoms with Crippen LogP contribution in [0.2, 0.25) is 0 Å². The van der Waals surface area contributed by atoms with Crippen LogP contribution in [0.3, 0.4) is 0 Å². The van der Waals surface area contributed by atoms with Crippen LogP contribution in [-0.4, -0.2) is 9.97 Å². The quantitative estimate of drug-likeness (QED) is 0.570. The van der Waals surface area contributed by atoms with Gasteiger partial charge in [-0.2, -0.15) is 0 Å². The van der Waals surface area contributed by atoms with E-state index in [1.54, 1.807) is 6.26 Å². The van der Waals surface area contributed by atoms with Gasteiger partial charge in [0.1, 0.15) is 11.6 Å². The van der Waals surface area contributed by atoms with E-state index >= 15 is 0 Å². The minimum atomic E-state index is 0.865. The molecule has 4 aromatic rings. The summed E-state index contributed by atoms with van der Waals surface area (Å²) in [5.74, 6) is 1.74. The second kappa shape index (κ2) is 4.63. The standard InChI is InChI=1S/C18H14N2O/c1-12-7-8-15-16(10-12)20-18(19-15)14-5-2-4-13(11-14)17-6-3-9-21-17/h2-11H,1H3,(H,19,20). The average Bonchev–Trinajstić information content (AvgIpc) is 3.16. The molecule has 0 aliphatic carbocycles. The van der Waals surface area contributed by atoms with Crippen LogP contribution in [0.4, 0.5) is 0 Å². The second-order valence-corrected chi connectivity index (χ2v) is 5.16. The topological polar surface area (TPSA) is 41.8 Å². The Hall–Kier alpha value is -2.81. The molecule has 0 radical (unpaired) electrons. The molecule has 2 heterocycles. The van der Waals surface area contributed by atoms with Crippen molar-refractivity contribution in [3.05, 3.63) is 66.4 Å². The highest BCUT2D eigenvalue weighted by atomic mass is 16.3. The number of benzene rings is 2. The van der Waals surface area contributed by atoms with Crippen LogP contribution in [0.25, 0.3) is 33.7 Å². The molecule has 0 unspecified atom stereocenters. The highest BCUT2D eigenvalue weighted by molar-refractivity contribution is 5.80. The number of fused-ring (bicyclic) bond motifs is 1. The molecule has 0 aliphatic rings. The van der Waals surface area contributed by atoms with Gasteiger partial charge in [-0.3, -0.25) is 0 Å². The van der Waals surface area contributed by atoms with Gasteiger partial charge in [-0.05, 0) is 42.8 Å². The smallest absolute Gasteiger partial charge is 0.138 e. The molecule has 1 N–H and O–H groups in total. The Balaban J connectivity index is 1.83. The van der Waals surface area contributed by atoms with Crippen molar-refractivity contribution in [2.45, 2.75) is 6.92 Å². The third-order valence-corrected chi connectivity index (χ3v) is 3.58. The van der Waals surface area contributed by atoms with Crippen molar-refractivity contribution in [2.24, 2.45) is 0 Å². The molecule has 0 atom stereocenters. The van der Waals surface area contributed by atoms with E-state index in [1.165, 1.54) is 5.56 Å². The molecule has 0 spiro atoms. The second-order valence-electron chi connectivity index (χ2n) is 5.16. The first-order valence-corrected chi connectivity index (χ1v) is 6.90. The summed E-state index contributed by atoms with van der Waals surface area (Å²) < 4.78 is 5.45. The van der Waals surface area contributed by atoms with Crippen LogP contribution in [0, 0.1) is 6.92 Å². The summed E-state index contributed by atoms with van der Waals surface area (Å²) in [6.07, 6.45) is 1.69. The van der Waals surface area contributed by atoms with Gasteiger partial charge in [-0.15, -0.1) is 0 Å². The fraction of sp³-hybridized carbons (Fsp3) is 0.0556. The monoisotopic (exact) mass is 274 g/mol. The Labute approximate surface area is 122 Å². The number of nitrogens with zero attached hydrogens (tertiary/aromatic N) is 1. The van der Waals surface area contributed by atoms with E-state index in [-0.39, 0.29) is 0 Å². The van der Waals surface area contributed by atoms with E-state index in [4.69, 9.17) is 4.42 Å². The van der Waals surface area contributed by atoms with Crippen molar-refractivity contribution in [1.82, 2.24) is 9.97 Å². The molecule has 0 amide bonds. The van der Waals surface area contributed by atoms with E-state index in [1.807, 2.05) is 30.3 Å². The number of hydrogen-bond acceptors (Lipinski definition) is 2. The van der Waals surface area contributed by atoms with Gasteiger partial charge in [0.2, 0.25) is 0 Å². The maximum Gasteiger partial charge on any atom is 0.138 e. The summed E-state index contributed by atoms with van der Waals surface area (Å²) in [5.41, 5.74) is 5.38. The normalized spacial score (nSPS) is 11.1. The molecule has 0 fully saturated rings. The van der Waals surface area contributed by atoms with Gasteiger partial charge in [0.15, 0.2) is 0 Å². The van der Waals surface area contributed by atoms with E-state index in [0.717, 1.165) is 33.7 Å². The predicted molar refractivity (Wildman–Crippen MR) is 84.0 cm³/mol. The molecule has 0 bridgehead atoms. The number of furan rings is 1. The SMILES string of the molecule is Cc1ccc2nc(-c3cccc(-c4ccco4)c3)[nH]c2c1. The Bertz CT molecular complexity index is 904. The van der Waals surface area contributed by atoms with Gasteiger partial charge < -0.3 is 9.40 Å². The van der Waals surface area contributed by atoms with Gasteiger partial charge in [0, 0.05) is 11.1 Å². The first-order valence-electron chi connectivity index (χ1n) is 6.90. The highest BCUT2D eigenvalue weighted by Crippen LogP contribution is 2.26. The molecule has 0 saturated heterocycles. The summed E-state index contributed by atoms with van der Waals surface area (Å²) >= 11 is 0. The first-order chi connectivity index (χ1) is 10.3. The lowest BCUT2D eigenvalue weighted by Gasteiger charge is -2.00. The van der Waals surface area contributed by atoms with Crippen LogP contribution in [0.15, 0.2) is 65.3 Å². The third kappa shape index (κ3) is 2.13. The van der Waals surface area contributed by atoms with Crippen molar-refractivity contribution >= 4 is 11.0 Å². The average molecular weight is 274 g/mol. The minimum Gasteiger partial charge on any atom is -0.464 e. The zero-order valence-corrected chi connectivity index (χ0v) is 11.6. The maximum atomic E-state index is 5.45. The van der Waals surface area contributed by atoms with Crippen molar-refractivity contribution in [3.8, 4) is 22.7 Å². The number of rotatable bonds is 2. The predicted octanol–water partition coefficient (Wildman–Crippen LogP) is 4.80. The number of aryl methyl sites for hydroxylation is 1. The van der Waals surface area contributed by atoms with Gasteiger partial charge in [0.05, 0.1) is 17.3 Å². The molecule has 0 saturated carbocycles.